The van der Waals surface area contributed by atoms with E-state index in [-0.39, 0.29) is 0 Å². The van der Waals surface area contributed by atoms with Crippen molar-refractivity contribution in [2.45, 2.75) is 58.3 Å². The van der Waals surface area contributed by atoms with Crippen molar-refractivity contribution in [3.8, 4) is 0 Å². The Hall–Kier alpha value is -1.42. The second kappa shape index (κ2) is 6.42. The Bertz CT molecular complexity index is 919. The van der Waals surface area contributed by atoms with Crippen LogP contribution < -0.4 is 0 Å². The molecular formula is C10F19O3S-. The molecule has 1 fully saturated rings. The molecule has 0 aliphatic heterocycles. The van der Waals surface area contributed by atoms with E-state index in [0.29, 0.717) is 0 Å². The Kier molecular flexibility index (Phi) is 5.76. The van der Waals surface area contributed by atoms with Crippen molar-refractivity contribution >= 4 is 10.1 Å². The molecule has 1 saturated carbocycles. The van der Waals surface area contributed by atoms with E-state index in [2.05, 4.69) is 0 Å². The van der Waals surface area contributed by atoms with Gasteiger partial charge in [-0.05, 0) is 0 Å². The smallest absolute Gasteiger partial charge is 0.460 e. The fourth-order valence-corrected chi connectivity index (χ4v) is 3.43. The fraction of sp³-hybridized carbons (Fsp3) is 1.00. The second-order valence-corrected chi connectivity index (χ2v) is 7.70. The maximum atomic E-state index is 14.3. The van der Waals surface area contributed by atoms with Crippen LogP contribution >= 0.6 is 0 Å². The van der Waals surface area contributed by atoms with Gasteiger partial charge in [-0.2, -0.15) is 74.6 Å². The van der Waals surface area contributed by atoms with E-state index in [1.165, 1.54) is 0 Å². The first-order valence-corrected chi connectivity index (χ1v) is 8.20. The lowest BCUT2D eigenvalue weighted by Gasteiger charge is -2.57. The molecule has 198 valence electrons. The fourth-order valence-electron chi connectivity index (χ4n) is 2.53. The van der Waals surface area contributed by atoms with Crippen LogP contribution in [0.1, 0.15) is 0 Å². The molecule has 1 aliphatic carbocycles. The topological polar surface area (TPSA) is 57.2 Å². The molecule has 0 radical (unpaired) electrons. The standard InChI is InChI=1S/C10HF19O3S/c11-1(3(14,15)6(20,21)8(24,25)10(27,28)29)2(12,13)5(18,19)7(22,23)9(26,4(1,16)17)33(30,31)32/h(H,30,31,32)/p-1. The molecule has 0 bridgehead atoms. The van der Waals surface area contributed by atoms with Crippen molar-refractivity contribution < 1.29 is 96.4 Å². The summed E-state index contributed by atoms with van der Waals surface area (Å²) in [6.07, 6.45) is -8.13. The van der Waals surface area contributed by atoms with E-state index in [0.717, 1.165) is 0 Å². The van der Waals surface area contributed by atoms with Gasteiger partial charge < -0.3 is 4.55 Å². The summed E-state index contributed by atoms with van der Waals surface area (Å²) in [5.74, 6) is -62.3. The average molecular weight is 561 g/mol. The molecule has 0 heterocycles. The largest absolute Gasteiger partial charge is 0.745 e. The molecule has 0 aromatic carbocycles. The van der Waals surface area contributed by atoms with E-state index >= 15 is 0 Å². The van der Waals surface area contributed by atoms with Crippen LogP contribution in [0.15, 0.2) is 0 Å². The second-order valence-electron chi connectivity index (χ2n) is 6.23. The van der Waals surface area contributed by atoms with Crippen LogP contribution in [0, 0.1) is 0 Å². The number of rotatable bonds is 4. The summed E-state index contributed by atoms with van der Waals surface area (Å²) >= 11 is 0. The van der Waals surface area contributed by atoms with Crippen LogP contribution in [0.2, 0.25) is 0 Å². The van der Waals surface area contributed by atoms with Gasteiger partial charge in [0.05, 0.1) is 0 Å². The molecular weight excluding hydrogens is 561 g/mol. The zero-order valence-corrected chi connectivity index (χ0v) is 14.6. The zero-order valence-electron chi connectivity index (χ0n) is 13.8. The Morgan fingerprint density at radius 3 is 1.12 bits per heavy atom. The van der Waals surface area contributed by atoms with Crippen molar-refractivity contribution in [3.63, 3.8) is 0 Å². The normalized spacial score (nSPS) is 32.5. The van der Waals surface area contributed by atoms with Gasteiger partial charge in [-0.15, -0.1) is 0 Å². The van der Waals surface area contributed by atoms with Crippen LogP contribution in [0.25, 0.3) is 0 Å². The maximum Gasteiger partial charge on any atom is 0.460 e. The zero-order chi connectivity index (χ0) is 27.5. The van der Waals surface area contributed by atoms with E-state index in [1.54, 1.807) is 0 Å². The Balaban J connectivity index is 4.38. The van der Waals surface area contributed by atoms with Gasteiger partial charge in [0.1, 0.15) is 10.1 Å². The van der Waals surface area contributed by atoms with Gasteiger partial charge in [0.2, 0.25) is 0 Å². The van der Waals surface area contributed by atoms with E-state index in [4.69, 9.17) is 0 Å². The Morgan fingerprint density at radius 2 is 0.848 bits per heavy atom. The van der Waals surface area contributed by atoms with Crippen LogP contribution in [0.3, 0.4) is 0 Å². The molecule has 0 aromatic rings. The van der Waals surface area contributed by atoms with Gasteiger partial charge in [-0.1, -0.05) is 0 Å². The molecule has 1 aliphatic rings. The van der Waals surface area contributed by atoms with Crippen LogP contribution in [-0.4, -0.2) is 71.3 Å². The van der Waals surface area contributed by atoms with Crippen molar-refractivity contribution in [3.05, 3.63) is 0 Å². The van der Waals surface area contributed by atoms with E-state index in [1.807, 2.05) is 0 Å². The molecule has 0 amide bonds. The molecule has 2 atom stereocenters. The molecule has 0 aromatic heterocycles. The minimum atomic E-state index is -9.37. The highest BCUT2D eigenvalue weighted by molar-refractivity contribution is 7.87. The molecule has 2 unspecified atom stereocenters. The van der Waals surface area contributed by atoms with Crippen molar-refractivity contribution in [1.82, 2.24) is 0 Å². The lowest BCUT2D eigenvalue weighted by atomic mass is 9.68. The van der Waals surface area contributed by atoms with Gasteiger partial charge in [-0.25, -0.2) is 17.2 Å². The first kappa shape index (κ1) is 29.6. The van der Waals surface area contributed by atoms with Crippen LogP contribution in [-0.2, 0) is 10.1 Å². The lowest BCUT2D eigenvalue weighted by molar-refractivity contribution is -0.500. The van der Waals surface area contributed by atoms with Crippen LogP contribution in [0.4, 0.5) is 83.4 Å². The highest BCUT2D eigenvalue weighted by atomic mass is 32.2. The number of hydrogen-bond donors (Lipinski definition) is 0. The summed E-state index contributed by atoms with van der Waals surface area (Å²) in [6.45, 7) is 0. The number of halogens is 19. The quantitative estimate of drug-likeness (QED) is 0.362. The molecule has 0 N–H and O–H groups in total. The van der Waals surface area contributed by atoms with Gasteiger partial charge in [0.25, 0.3) is 0 Å². The first-order chi connectivity index (χ1) is 13.8. The van der Waals surface area contributed by atoms with E-state index < -0.39 is 68.4 Å². The number of alkyl halides is 19. The summed E-state index contributed by atoms with van der Waals surface area (Å²) in [4.78, 5) is 0. The van der Waals surface area contributed by atoms with Crippen molar-refractivity contribution in [1.29, 1.82) is 0 Å². The monoisotopic (exact) mass is 561 g/mol. The Morgan fingerprint density at radius 1 is 0.515 bits per heavy atom. The lowest BCUT2D eigenvalue weighted by Crippen LogP contribution is -2.91. The highest BCUT2D eigenvalue weighted by Crippen LogP contribution is 2.75. The molecule has 23 heteroatoms. The predicted octanol–water partition coefficient (Wildman–Crippen LogP) is 4.93. The minimum absolute atomic E-state index is 8.13. The molecule has 3 nitrogen and oxygen atoms in total. The third-order valence-electron chi connectivity index (χ3n) is 4.38. The molecule has 33 heavy (non-hydrogen) atoms. The summed E-state index contributed by atoms with van der Waals surface area (Å²) in [7, 11) is -8.86. The third-order valence-corrected chi connectivity index (χ3v) is 5.59. The van der Waals surface area contributed by atoms with Crippen molar-refractivity contribution in [2.75, 3.05) is 0 Å². The minimum Gasteiger partial charge on any atom is -0.745 e. The maximum absolute atomic E-state index is 14.3. The summed E-state index contributed by atoms with van der Waals surface area (Å²) in [5.41, 5.74) is -9.36. The summed E-state index contributed by atoms with van der Waals surface area (Å²) in [5, 5.41) is -8.58. The summed E-state index contributed by atoms with van der Waals surface area (Å²) in [6, 6.07) is 0. The van der Waals surface area contributed by atoms with Gasteiger partial charge in [-0.3, -0.25) is 0 Å². The van der Waals surface area contributed by atoms with Gasteiger partial charge >= 0.3 is 58.3 Å². The van der Waals surface area contributed by atoms with E-state index in [9.17, 15) is 96.4 Å². The molecule has 0 saturated heterocycles. The molecule has 1 rings (SSSR count). The van der Waals surface area contributed by atoms with Gasteiger partial charge in [0.15, 0.2) is 0 Å². The van der Waals surface area contributed by atoms with Gasteiger partial charge in [0, 0.05) is 0 Å². The average Bonchev–Trinajstić information content (AvgIpc) is 2.55. The van der Waals surface area contributed by atoms with Crippen molar-refractivity contribution in [2.24, 2.45) is 0 Å². The first-order valence-electron chi connectivity index (χ1n) is 6.79. The van der Waals surface area contributed by atoms with Crippen LogP contribution in [0.5, 0.6) is 0 Å². The third kappa shape index (κ3) is 2.62. The SMILES string of the molecule is O=S(=O)([O-])C1(F)C(F)(F)C(F)(F)C(F)(F)C(F)(C(F)(F)C(F)(F)C(F)(F)C(F)(F)F)C1(F)F. The predicted molar refractivity (Wildman–Crippen MR) is 58.1 cm³/mol. The molecule has 0 spiro atoms. The Labute approximate surface area is 166 Å². The summed E-state index contributed by atoms with van der Waals surface area (Å²) < 4.78 is 284. The highest BCUT2D eigenvalue weighted by Gasteiger charge is 3.08. The number of hydrogen-bond acceptors (Lipinski definition) is 3.